The Hall–Kier alpha value is -2.82. The molecule has 1 aliphatic carbocycles. The second-order valence-electron chi connectivity index (χ2n) is 6.02. The molecule has 0 atom stereocenters. The van der Waals surface area contributed by atoms with Gasteiger partial charge in [-0.25, -0.2) is 14.5 Å². The second-order valence-corrected chi connectivity index (χ2v) is 6.02. The van der Waals surface area contributed by atoms with Crippen molar-refractivity contribution in [3.05, 3.63) is 60.7 Å². The van der Waals surface area contributed by atoms with Crippen LogP contribution in [0.4, 0.5) is 9.59 Å². The molecule has 2 aromatic rings. The third kappa shape index (κ3) is 4.59. The topological polar surface area (TPSA) is 55.8 Å². The first-order chi connectivity index (χ1) is 12.2. The molecule has 1 aliphatic rings. The average molecular weight is 339 g/mol. The molecule has 0 aliphatic heterocycles. The Morgan fingerprint density at radius 2 is 1.16 bits per heavy atom. The number of rotatable bonds is 3. The summed E-state index contributed by atoms with van der Waals surface area (Å²) in [5.41, 5.74) is 0. The van der Waals surface area contributed by atoms with Crippen molar-refractivity contribution in [1.29, 1.82) is 0 Å². The number of carbonyl (C=O) groups is 2. The van der Waals surface area contributed by atoms with E-state index < -0.39 is 12.2 Å². The van der Waals surface area contributed by atoms with Crippen LogP contribution >= 0.6 is 0 Å². The van der Waals surface area contributed by atoms with Gasteiger partial charge in [0.15, 0.2) is 0 Å². The Morgan fingerprint density at radius 3 is 1.60 bits per heavy atom. The molecule has 0 spiro atoms. The maximum absolute atomic E-state index is 12.6. The Labute approximate surface area is 147 Å². The van der Waals surface area contributed by atoms with Crippen LogP contribution in [0.5, 0.6) is 11.5 Å². The molecule has 3 rings (SSSR count). The summed E-state index contributed by atoms with van der Waals surface area (Å²) >= 11 is 0. The number of nitrogens with zero attached hydrogens (tertiary/aromatic N) is 1. The molecule has 2 amide bonds. The lowest BCUT2D eigenvalue weighted by molar-refractivity contribution is 0.105. The summed E-state index contributed by atoms with van der Waals surface area (Å²) in [6.07, 6.45) is 3.24. The molecule has 0 unspecified atom stereocenters. The van der Waals surface area contributed by atoms with Gasteiger partial charge in [0.2, 0.25) is 0 Å². The summed E-state index contributed by atoms with van der Waals surface area (Å²) < 4.78 is 10.7. The van der Waals surface area contributed by atoms with Gasteiger partial charge in [0, 0.05) is 6.04 Å². The maximum atomic E-state index is 12.6. The minimum atomic E-state index is -0.695. The third-order valence-electron chi connectivity index (χ3n) is 4.23. The van der Waals surface area contributed by atoms with E-state index in [1.54, 1.807) is 48.5 Å². The van der Waals surface area contributed by atoms with Gasteiger partial charge in [-0.1, -0.05) is 55.7 Å². The summed E-state index contributed by atoms with van der Waals surface area (Å²) in [6, 6.07) is 17.3. The molecule has 25 heavy (non-hydrogen) atoms. The number of benzene rings is 2. The standard InChI is InChI=1S/C20H21NO4/c22-19(24-17-12-6-2-7-13-17)21(16-10-4-1-5-11-16)20(23)25-18-14-8-3-9-15-18/h2-3,6-9,12-16H,1,4-5,10-11H2. The summed E-state index contributed by atoms with van der Waals surface area (Å²) in [4.78, 5) is 26.4. The van der Waals surface area contributed by atoms with Crippen LogP contribution < -0.4 is 9.47 Å². The zero-order valence-corrected chi connectivity index (χ0v) is 14.0. The van der Waals surface area contributed by atoms with Crippen LogP contribution in [0.25, 0.3) is 0 Å². The predicted octanol–water partition coefficient (Wildman–Crippen LogP) is 5.02. The van der Waals surface area contributed by atoms with E-state index in [-0.39, 0.29) is 6.04 Å². The van der Waals surface area contributed by atoms with Crippen LogP contribution in [0.2, 0.25) is 0 Å². The molecule has 0 saturated heterocycles. The van der Waals surface area contributed by atoms with Gasteiger partial charge in [-0.2, -0.15) is 0 Å². The monoisotopic (exact) mass is 339 g/mol. The number of para-hydroxylation sites is 2. The molecule has 0 heterocycles. The van der Waals surface area contributed by atoms with Crippen LogP contribution in [0.3, 0.4) is 0 Å². The van der Waals surface area contributed by atoms with Gasteiger partial charge in [0.25, 0.3) is 0 Å². The zero-order valence-electron chi connectivity index (χ0n) is 14.0. The molecular weight excluding hydrogens is 318 g/mol. The van der Waals surface area contributed by atoms with Crippen molar-refractivity contribution < 1.29 is 19.1 Å². The van der Waals surface area contributed by atoms with E-state index in [2.05, 4.69) is 0 Å². The Morgan fingerprint density at radius 1 is 0.720 bits per heavy atom. The SMILES string of the molecule is O=C(Oc1ccccc1)N(C(=O)Oc1ccccc1)C1CCCCC1. The van der Waals surface area contributed by atoms with Gasteiger partial charge in [-0.3, -0.25) is 0 Å². The number of hydrogen-bond donors (Lipinski definition) is 0. The van der Waals surface area contributed by atoms with Crippen molar-refractivity contribution in [2.45, 2.75) is 38.1 Å². The lowest BCUT2D eigenvalue weighted by atomic mass is 9.95. The first-order valence-electron chi connectivity index (χ1n) is 8.57. The van der Waals surface area contributed by atoms with E-state index in [9.17, 15) is 9.59 Å². The minimum Gasteiger partial charge on any atom is -0.410 e. The highest BCUT2D eigenvalue weighted by Crippen LogP contribution is 2.25. The fourth-order valence-electron chi connectivity index (χ4n) is 2.99. The number of imide groups is 1. The quantitative estimate of drug-likeness (QED) is 0.788. The third-order valence-corrected chi connectivity index (χ3v) is 4.23. The molecule has 0 N–H and O–H groups in total. The first kappa shape index (κ1) is 17.0. The highest BCUT2D eigenvalue weighted by molar-refractivity contribution is 5.90. The minimum absolute atomic E-state index is 0.193. The van der Waals surface area contributed by atoms with E-state index in [0.29, 0.717) is 11.5 Å². The van der Waals surface area contributed by atoms with Gasteiger partial charge in [-0.05, 0) is 37.1 Å². The van der Waals surface area contributed by atoms with Gasteiger partial charge < -0.3 is 9.47 Å². The van der Waals surface area contributed by atoms with Gasteiger partial charge in [0.05, 0.1) is 0 Å². The van der Waals surface area contributed by atoms with E-state index in [1.165, 1.54) is 0 Å². The van der Waals surface area contributed by atoms with Crippen molar-refractivity contribution in [1.82, 2.24) is 4.90 Å². The van der Waals surface area contributed by atoms with Crippen LogP contribution in [0.1, 0.15) is 32.1 Å². The molecule has 5 nitrogen and oxygen atoms in total. The van der Waals surface area contributed by atoms with Crippen LogP contribution in [0.15, 0.2) is 60.7 Å². The van der Waals surface area contributed by atoms with E-state index >= 15 is 0 Å². The number of carbonyl (C=O) groups excluding carboxylic acids is 2. The Kier molecular flexibility index (Phi) is 5.67. The normalized spacial score (nSPS) is 14.6. The molecule has 0 aromatic heterocycles. The van der Waals surface area contributed by atoms with Crippen LogP contribution in [-0.2, 0) is 0 Å². The molecule has 5 heteroatoms. The van der Waals surface area contributed by atoms with Crippen molar-refractivity contribution in [3.8, 4) is 11.5 Å². The van der Waals surface area contributed by atoms with E-state index in [4.69, 9.17) is 9.47 Å². The van der Waals surface area contributed by atoms with Crippen molar-refractivity contribution in [2.75, 3.05) is 0 Å². The fraction of sp³-hybridized carbons (Fsp3) is 0.300. The smallest absolute Gasteiger partial charge is 0.410 e. The molecule has 1 fully saturated rings. The van der Waals surface area contributed by atoms with Crippen molar-refractivity contribution >= 4 is 12.2 Å². The molecular formula is C20H21NO4. The van der Waals surface area contributed by atoms with E-state index in [0.717, 1.165) is 37.0 Å². The maximum Gasteiger partial charge on any atom is 0.425 e. The summed E-state index contributed by atoms with van der Waals surface area (Å²) in [5, 5.41) is 0. The van der Waals surface area contributed by atoms with Crippen LogP contribution in [-0.4, -0.2) is 23.1 Å². The Bertz CT molecular complexity index is 643. The highest BCUT2D eigenvalue weighted by atomic mass is 16.6. The second kappa shape index (κ2) is 8.33. The molecule has 1 saturated carbocycles. The number of hydrogen-bond acceptors (Lipinski definition) is 4. The van der Waals surface area contributed by atoms with Crippen molar-refractivity contribution in [3.63, 3.8) is 0 Å². The summed E-state index contributed by atoms with van der Waals surface area (Å²) in [5.74, 6) is 0.807. The highest BCUT2D eigenvalue weighted by Gasteiger charge is 2.34. The lowest BCUT2D eigenvalue weighted by Gasteiger charge is -2.31. The Balaban J connectivity index is 1.76. The lowest BCUT2D eigenvalue weighted by Crippen LogP contribution is -2.48. The van der Waals surface area contributed by atoms with Crippen LogP contribution in [0, 0.1) is 0 Å². The van der Waals surface area contributed by atoms with Gasteiger partial charge >= 0.3 is 12.2 Å². The largest absolute Gasteiger partial charge is 0.425 e. The molecule has 2 aromatic carbocycles. The summed E-state index contributed by atoms with van der Waals surface area (Å²) in [7, 11) is 0. The van der Waals surface area contributed by atoms with Crippen molar-refractivity contribution in [2.24, 2.45) is 0 Å². The van der Waals surface area contributed by atoms with Gasteiger partial charge in [0.1, 0.15) is 11.5 Å². The fourth-order valence-corrected chi connectivity index (χ4v) is 2.99. The first-order valence-corrected chi connectivity index (χ1v) is 8.57. The predicted molar refractivity (Wildman–Crippen MR) is 93.6 cm³/mol. The molecule has 130 valence electrons. The number of amides is 2. The average Bonchev–Trinajstić information content (AvgIpc) is 2.64. The molecule has 0 bridgehead atoms. The van der Waals surface area contributed by atoms with Gasteiger partial charge in [-0.15, -0.1) is 0 Å². The molecule has 0 radical (unpaired) electrons. The zero-order chi connectivity index (χ0) is 17.5. The van der Waals surface area contributed by atoms with E-state index in [1.807, 2.05) is 12.1 Å². The summed E-state index contributed by atoms with van der Waals surface area (Å²) in [6.45, 7) is 0. The number of ether oxygens (including phenoxy) is 2.